The predicted molar refractivity (Wildman–Crippen MR) is 93.4 cm³/mol. The summed E-state index contributed by atoms with van der Waals surface area (Å²) in [4.78, 5) is 23.5. The van der Waals surface area contributed by atoms with E-state index in [1.807, 2.05) is 36.6 Å². The van der Waals surface area contributed by atoms with Crippen LogP contribution in [0.3, 0.4) is 0 Å². The van der Waals surface area contributed by atoms with Gasteiger partial charge in [-0.05, 0) is 30.6 Å². The minimum atomic E-state index is -0.808. The molecule has 1 heterocycles. The van der Waals surface area contributed by atoms with Gasteiger partial charge in [0.15, 0.2) is 0 Å². The average Bonchev–Trinajstić information content (AvgIpc) is 3.12. The lowest BCUT2D eigenvalue weighted by Crippen LogP contribution is -2.49. The summed E-state index contributed by atoms with van der Waals surface area (Å²) in [6.45, 7) is 0.161. The summed E-state index contributed by atoms with van der Waals surface area (Å²) in [6, 6.07) is 8.14. The summed E-state index contributed by atoms with van der Waals surface area (Å²) >= 11 is 1.54. The maximum absolute atomic E-state index is 11.9. The molecule has 0 aliphatic rings. The maximum Gasteiger partial charge on any atom is 0.315 e. The molecule has 0 saturated carbocycles. The Morgan fingerprint density at radius 1 is 1.32 bits per heavy atom. The molecule has 25 heavy (non-hydrogen) atoms. The van der Waals surface area contributed by atoms with Crippen LogP contribution < -0.4 is 16.1 Å². The molecule has 0 saturated heterocycles. The van der Waals surface area contributed by atoms with Gasteiger partial charge in [-0.1, -0.05) is 23.4 Å². The number of urea groups is 1. The van der Waals surface area contributed by atoms with Gasteiger partial charge < -0.3 is 10.6 Å². The average molecular weight is 364 g/mol. The number of thioether (sulfide) groups is 1. The third kappa shape index (κ3) is 5.76. The first-order valence-electron chi connectivity index (χ1n) is 7.58. The fraction of sp³-hybridized carbons (Fsp3) is 0.333. The van der Waals surface area contributed by atoms with Gasteiger partial charge in [-0.3, -0.25) is 10.0 Å². The molecule has 0 aliphatic heterocycles. The minimum Gasteiger partial charge on any atom is -0.332 e. The molecule has 10 heteroatoms. The van der Waals surface area contributed by atoms with Crippen LogP contribution in [0.2, 0.25) is 0 Å². The van der Waals surface area contributed by atoms with Crippen LogP contribution in [0, 0.1) is 0 Å². The number of carbonyl (C=O) groups excluding carboxylic acids is 2. The molecule has 2 rings (SSSR count). The van der Waals surface area contributed by atoms with Crippen molar-refractivity contribution in [2.24, 2.45) is 0 Å². The fourth-order valence-electron chi connectivity index (χ4n) is 2.05. The Bertz CT molecular complexity index is 694. The van der Waals surface area contributed by atoms with E-state index in [0.717, 1.165) is 5.69 Å². The number of aromatic nitrogens is 3. The summed E-state index contributed by atoms with van der Waals surface area (Å²) in [6.07, 6.45) is 4.01. The SMILES string of the molecule is CSCC[C@H](NC(=O)NCc1cn(-c2ccccc2)nn1)C(=O)NO. The smallest absolute Gasteiger partial charge is 0.315 e. The number of benzene rings is 1. The zero-order valence-corrected chi connectivity index (χ0v) is 14.5. The van der Waals surface area contributed by atoms with Crippen molar-refractivity contribution in [2.45, 2.75) is 19.0 Å². The van der Waals surface area contributed by atoms with E-state index < -0.39 is 18.0 Å². The lowest BCUT2D eigenvalue weighted by Gasteiger charge is -2.16. The van der Waals surface area contributed by atoms with E-state index in [0.29, 0.717) is 17.9 Å². The van der Waals surface area contributed by atoms with Crippen molar-refractivity contribution < 1.29 is 14.8 Å². The largest absolute Gasteiger partial charge is 0.332 e. The Morgan fingerprint density at radius 2 is 2.08 bits per heavy atom. The van der Waals surface area contributed by atoms with Crippen LogP contribution in [-0.2, 0) is 11.3 Å². The van der Waals surface area contributed by atoms with Gasteiger partial charge in [0, 0.05) is 0 Å². The van der Waals surface area contributed by atoms with E-state index >= 15 is 0 Å². The lowest BCUT2D eigenvalue weighted by atomic mass is 10.2. The van der Waals surface area contributed by atoms with Crippen LogP contribution >= 0.6 is 11.8 Å². The molecule has 1 atom stereocenters. The molecule has 0 unspecified atom stereocenters. The van der Waals surface area contributed by atoms with Gasteiger partial charge in [0.2, 0.25) is 0 Å². The first-order valence-corrected chi connectivity index (χ1v) is 8.97. The molecule has 2 aromatic rings. The number of para-hydroxylation sites is 1. The number of carbonyl (C=O) groups is 2. The predicted octanol–water partition coefficient (Wildman–Crippen LogP) is 0.694. The van der Waals surface area contributed by atoms with Gasteiger partial charge in [0.25, 0.3) is 5.91 Å². The molecule has 0 fully saturated rings. The van der Waals surface area contributed by atoms with Crippen molar-refractivity contribution in [3.8, 4) is 5.69 Å². The molecule has 4 N–H and O–H groups in total. The summed E-state index contributed by atoms with van der Waals surface area (Å²) in [5, 5.41) is 21.9. The molecule has 0 bridgehead atoms. The number of nitrogens with zero attached hydrogens (tertiary/aromatic N) is 3. The number of hydrogen-bond acceptors (Lipinski definition) is 6. The van der Waals surface area contributed by atoms with Crippen LogP contribution in [-0.4, -0.2) is 50.2 Å². The van der Waals surface area contributed by atoms with Crippen molar-refractivity contribution in [1.29, 1.82) is 0 Å². The van der Waals surface area contributed by atoms with Crippen molar-refractivity contribution in [1.82, 2.24) is 31.1 Å². The molecule has 1 aromatic heterocycles. The van der Waals surface area contributed by atoms with Crippen LogP contribution in [0.1, 0.15) is 12.1 Å². The number of amides is 3. The van der Waals surface area contributed by atoms with E-state index in [1.165, 1.54) is 0 Å². The molecule has 9 nitrogen and oxygen atoms in total. The molecule has 0 radical (unpaired) electrons. The van der Waals surface area contributed by atoms with Crippen LogP contribution in [0.15, 0.2) is 36.5 Å². The summed E-state index contributed by atoms with van der Waals surface area (Å²) in [7, 11) is 0. The highest BCUT2D eigenvalue weighted by atomic mass is 32.2. The van der Waals surface area contributed by atoms with Crippen molar-refractivity contribution >= 4 is 23.7 Å². The first-order chi connectivity index (χ1) is 12.1. The van der Waals surface area contributed by atoms with E-state index in [9.17, 15) is 9.59 Å². The standard InChI is InChI=1S/C15H20N6O3S/c1-25-8-7-13(14(22)19-24)17-15(23)16-9-11-10-21(20-18-11)12-5-3-2-4-6-12/h2-6,10,13,24H,7-9H2,1H3,(H,19,22)(H2,16,17,23)/t13-/m0/s1. The Kier molecular flexibility index (Phi) is 7.23. The molecule has 134 valence electrons. The zero-order valence-electron chi connectivity index (χ0n) is 13.7. The summed E-state index contributed by atoms with van der Waals surface area (Å²) in [5.74, 6) is 0.0169. The van der Waals surface area contributed by atoms with Gasteiger partial charge in [0.05, 0.1) is 18.4 Å². The monoisotopic (exact) mass is 364 g/mol. The quantitative estimate of drug-likeness (QED) is 0.404. The number of nitrogens with one attached hydrogen (secondary N) is 3. The van der Waals surface area contributed by atoms with Crippen LogP contribution in [0.25, 0.3) is 5.69 Å². The van der Waals surface area contributed by atoms with E-state index in [1.54, 1.807) is 28.1 Å². The first kappa shape index (κ1) is 18.7. The van der Waals surface area contributed by atoms with Gasteiger partial charge >= 0.3 is 6.03 Å². The zero-order chi connectivity index (χ0) is 18.1. The highest BCUT2D eigenvalue weighted by Crippen LogP contribution is 2.05. The molecular weight excluding hydrogens is 344 g/mol. The van der Waals surface area contributed by atoms with Gasteiger partial charge in [-0.15, -0.1) is 5.10 Å². The molecule has 0 spiro atoms. The lowest BCUT2D eigenvalue weighted by molar-refractivity contribution is -0.131. The fourth-order valence-corrected chi connectivity index (χ4v) is 2.52. The van der Waals surface area contributed by atoms with E-state index in [4.69, 9.17) is 5.21 Å². The molecule has 0 aliphatic carbocycles. The maximum atomic E-state index is 11.9. The van der Waals surface area contributed by atoms with Crippen molar-refractivity contribution in [3.63, 3.8) is 0 Å². The molecule has 1 aromatic carbocycles. The van der Waals surface area contributed by atoms with Crippen molar-refractivity contribution in [2.75, 3.05) is 12.0 Å². The second-order valence-corrected chi connectivity index (χ2v) is 6.11. The third-order valence-corrected chi connectivity index (χ3v) is 3.98. The van der Waals surface area contributed by atoms with Gasteiger partial charge in [0.1, 0.15) is 11.7 Å². The number of hydroxylamine groups is 1. The van der Waals surface area contributed by atoms with Crippen LogP contribution in [0.5, 0.6) is 0 Å². The molecular formula is C15H20N6O3S. The van der Waals surface area contributed by atoms with Crippen molar-refractivity contribution in [3.05, 3.63) is 42.2 Å². The highest BCUT2D eigenvalue weighted by Gasteiger charge is 2.19. The number of rotatable bonds is 8. The van der Waals surface area contributed by atoms with Gasteiger partial charge in [-0.25, -0.2) is 15.0 Å². The van der Waals surface area contributed by atoms with Gasteiger partial charge in [-0.2, -0.15) is 11.8 Å². The Hall–Kier alpha value is -2.59. The second kappa shape index (κ2) is 9.64. The topological polar surface area (TPSA) is 121 Å². The Labute approximate surface area is 149 Å². The van der Waals surface area contributed by atoms with E-state index in [-0.39, 0.29) is 6.54 Å². The molecule has 3 amide bonds. The summed E-state index contributed by atoms with van der Waals surface area (Å²) in [5.41, 5.74) is 3.00. The van der Waals surface area contributed by atoms with E-state index in [2.05, 4.69) is 20.9 Å². The Morgan fingerprint density at radius 3 is 2.76 bits per heavy atom. The highest BCUT2D eigenvalue weighted by molar-refractivity contribution is 7.98. The summed E-state index contributed by atoms with van der Waals surface area (Å²) < 4.78 is 1.61. The normalized spacial score (nSPS) is 11.6. The Balaban J connectivity index is 1.87. The third-order valence-electron chi connectivity index (χ3n) is 3.33. The second-order valence-electron chi connectivity index (χ2n) is 5.13. The van der Waals surface area contributed by atoms with Crippen LogP contribution in [0.4, 0.5) is 4.79 Å². The minimum absolute atomic E-state index is 0.161. The number of hydrogen-bond donors (Lipinski definition) is 4.